The lowest BCUT2D eigenvalue weighted by molar-refractivity contribution is -0.121. The fourth-order valence-electron chi connectivity index (χ4n) is 4.46. The van der Waals surface area contributed by atoms with E-state index in [2.05, 4.69) is 5.32 Å². The Labute approximate surface area is 205 Å². The van der Waals surface area contributed by atoms with E-state index in [1.54, 1.807) is 25.1 Å². The van der Waals surface area contributed by atoms with Crippen LogP contribution in [0, 0.1) is 12.7 Å². The van der Waals surface area contributed by atoms with Gasteiger partial charge in [-0.2, -0.15) is 0 Å². The molecule has 0 saturated carbocycles. The summed E-state index contributed by atoms with van der Waals surface area (Å²) in [6, 6.07) is 14.1. The molecule has 1 aliphatic heterocycles. The molecule has 0 radical (unpaired) electrons. The van der Waals surface area contributed by atoms with Gasteiger partial charge in [-0.3, -0.25) is 4.79 Å². The van der Waals surface area contributed by atoms with Crippen LogP contribution >= 0.6 is 0 Å². The molecule has 0 atom stereocenters. The molecule has 1 amide bonds. The van der Waals surface area contributed by atoms with Crippen LogP contribution in [-0.4, -0.2) is 32.2 Å². The number of halogens is 1. The maximum Gasteiger partial charge on any atom is 0.251 e. The number of nitrogens with zero attached hydrogens (tertiary/aromatic N) is 1. The van der Waals surface area contributed by atoms with Crippen LogP contribution in [0.3, 0.4) is 0 Å². The van der Waals surface area contributed by atoms with Crippen molar-refractivity contribution in [1.82, 2.24) is 0 Å². The zero-order chi connectivity index (χ0) is 25.3. The Hall–Kier alpha value is -3.74. The highest BCUT2D eigenvalue weighted by molar-refractivity contribution is 6.08. The van der Waals surface area contributed by atoms with Gasteiger partial charge in [-0.1, -0.05) is 12.1 Å². The van der Waals surface area contributed by atoms with Gasteiger partial charge in [-0.15, -0.1) is 0 Å². The van der Waals surface area contributed by atoms with Crippen molar-refractivity contribution in [2.75, 3.05) is 31.0 Å². The van der Waals surface area contributed by atoms with Gasteiger partial charge in [0.15, 0.2) is 0 Å². The molecule has 1 heterocycles. The number of fused-ring (bicyclic) bond motifs is 1. The van der Waals surface area contributed by atoms with Gasteiger partial charge in [0.25, 0.3) is 5.91 Å². The van der Waals surface area contributed by atoms with E-state index in [-0.39, 0.29) is 18.3 Å². The van der Waals surface area contributed by atoms with Crippen molar-refractivity contribution in [3.05, 3.63) is 65.5 Å². The normalized spacial score (nSPS) is 14.3. The molecule has 3 aromatic rings. The van der Waals surface area contributed by atoms with Gasteiger partial charge < -0.3 is 24.4 Å². The van der Waals surface area contributed by atoms with Crippen LogP contribution in [0.5, 0.6) is 17.2 Å². The molecule has 0 spiro atoms. The van der Waals surface area contributed by atoms with E-state index in [1.807, 2.05) is 58.0 Å². The lowest BCUT2D eigenvalue weighted by Gasteiger charge is -2.39. The highest BCUT2D eigenvalue weighted by Gasteiger charge is 2.38. The number of aryl methyl sites for hydroxylation is 1. The van der Waals surface area contributed by atoms with Crippen LogP contribution in [0.2, 0.25) is 0 Å². The van der Waals surface area contributed by atoms with Gasteiger partial charge in [0.05, 0.1) is 25.1 Å². The summed E-state index contributed by atoms with van der Waals surface area (Å²) in [5.41, 5.74) is 4.07. The third-order valence-electron chi connectivity index (χ3n) is 6.20. The van der Waals surface area contributed by atoms with Crippen LogP contribution in [-0.2, 0) is 11.4 Å². The average molecular weight is 479 g/mol. The number of hydrogen-bond donors (Lipinski definition) is 1. The van der Waals surface area contributed by atoms with Gasteiger partial charge in [0.1, 0.15) is 35.2 Å². The number of amides is 1. The summed E-state index contributed by atoms with van der Waals surface area (Å²) in [6.45, 7) is 8.16. The van der Waals surface area contributed by atoms with E-state index in [9.17, 15) is 9.18 Å². The molecule has 1 N–H and O–H groups in total. The molecule has 3 aromatic carbocycles. The molecule has 1 aliphatic rings. The molecular formula is C28H31FN2O4. The molecule has 6 nitrogen and oxygen atoms in total. The summed E-state index contributed by atoms with van der Waals surface area (Å²) in [5, 5.41) is 3.35. The summed E-state index contributed by atoms with van der Waals surface area (Å²) in [7, 11) is 3.37. The van der Waals surface area contributed by atoms with Crippen molar-refractivity contribution in [2.24, 2.45) is 0 Å². The van der Waals surface area contributed by atoms with E-state index in [4.69, 9.17) is 14.2 Å². The Bertz CT molecular complexity index is 1270. The maximum atomic E-state index is 13.9. The number of methoxy groups -OCH3 is 1. The SMILES string of the molecule is CCOc1ccc(-c2ccc3c(c2COc2cc(F)ccc2C)N(C)C(=O)C(C)(C)N3)c(OC)c1. The number of ether oxygens (including phenoxy) is 3. The van der Waals surface area contributed by atoms with E-state index in [0.717, 1.165) is 33.6 Å². The standard InChI is InChI=1S/C28H31FN2O4/c1-7-34-19-10-11-21(25(15-19)33-6)20-12-13-23-26(31(5)27(32)28(3,4)30-23)22(20)16-35-24-14-18(29)9-8-17(24)2/h8-15,30H,7,16H2,1-6H3. The summed E-state index contributed by atoms with van der Waals surface area (Å²) in [5.74, 6) is 1.35. The fourth-order valence-corrected chi connectivity index (χ4v) is 4.46. The van der Waals surface area contributed by atoms with Crippen LogP contribution < -0.4 is 24.4 Å². The fraction of sp³-hybridized carbons (Fsp3) is 0.321. The number of likely N-dealkylation sites (N-methyl/N-ethyl adjacent to an activating group) is 1. The lowest BCUT2D eigenvalue weighted by Crippen LogP contribution is -2.52. The Kier molecular flexibility index (Phi) is 6.61. The maximum absolute atomic E-state index is 13.9. The quantitative estimate of drug-likeness (QED) is 0.454. The van der Waals surface area contributed by atoms with Crippen molar-refractivity contribution in [2.45, 2.75) is 39.8 Å². The number of hydrogen-bond acceptors (Lipinski definition) is 5. The lowest BCUT2D eigenvalue weighted by atomic mass is 9.91. The highest BCUT2D eigenvalue weighted by atomic mass is 19.1. The first-order valence-electron chi connectivity index (χ1n) is 11.6. The predicted octanol–water partition coefficient (Wildman–Crippen LogP) is 5.95. The second kappa shape index (κ2) is 9.49. The topological polar surface area (TPSA) is 60.0 Å². The van der Waals surface area contributed by atoms with Crippen LogP contribution in [0.25, 0.3) is 11.1 Å². The summed E-state index contributed by atoms with van der Waals surface area (Å²) in [6.07, 6.45) is 0. The monoisotopic (exact) mass is 478 g/mol. The zero-order valence-corrected chi connectivity index (χ0v) is 21.0. The number of nitrogens with one attached hydrogen (secondary N) is 1. The molecule has 7 heteroatoms. The summed E-state index contributed by atoms with van der Waals surface area (Å²) in [4.78, 5) is 14.8. The van der Waals surface area contributed by atoms with Crippen molar-refractivity contribution < 1.29 is 23.4 Å². The minimum absolute atomic E-state index is 0.0657. The average Bonchev–Trinajstić information content (AvgIpc) is 2.83. The van der Waals surface area contributed by atoms with Crippen molar-refractivity contribution >= 4 is 17.3 Å². The first-order chi connectivity index (χ1) is 16.7. The number of anilines is 2. The Morgan fingerprint density at radius 3 is 2.46 bits per heavy atom. The van der Waals surface area contributed by atoms with E-state index in [0.29, 0.717) is 23.9 Å². The Morgan fingerprint density at radius 2 is 1.74 bits per heavy atom. The third kappa shape index (κ3) is 4.63. The largest absolute Gasteiger partial charge is 0.496 e. The van der Waals surface area contributed by atoms with Gasteiger partial charge in [-0.25, -0.2) is 4.39 Å². The molecule has 0 saturated heterocycles. The van der Waals surface area contributed by atoms with Crippen molar-refractivity contribution in [1.29, 1.82) is 0 Å². The Balaban J connectivity index is 1.88. The second-order valence-electron chi connectivity index (χ2n) is 9.10. The second-order valence-corrected chi connectivity index (χ2v) is 9.10. The van der Waals surface area contributed by atoms with Gasteiger partial charge in [0.2, 0.25) is 0 Å². The van der Waals surface area contributed by atoms with Gasteiger partial charge >= 0.3 is 0 Å². The Morgan fingerprint density at radius 1 is 1.00 bits per heavy atom. The first-order valence-corrected chi connectivity index (χ1v) is 11.6. The van der Waals surface area contributed by atoms with Gasteiger partial charge in [0, 0.05) is 30.3 Å². The molecule has 0 bridgehead atoms. The van der Waals surface area contributed by atoms with E-state index < -0.39 is 5.54 Å². The van der Waals surface area contributed by atoms with E-state index in [1.165, 1.54) is 12.1 Å². The van der Waals surface area contributed by atoms with Crippen molar-refractivity contribution in [3.63, 3.8) is 0 Å². The highest BCUT2D eigenvalue weighted by Crippen LogP contribution is 2.45. The van der Waals surface area contributed by atoms with Crippen LogP contribution in [0.1, 0.15) is 31.9 Å². The van der Waals surface area contributed by atoms with Crippen LogP contribution in [0.4, 0.5) is 15.8 Å². The number of carbonyl (C=O) groups excluding carboxylic acids is 1. The van der Waals surface area contributed by atoms with E-state index >= 15 is 0 Å². The summed E-state index contributed by atoms with van der Waals surface area (Å²) < 4.78 is 31.4. The van der Waals surface area contributed by atoms with Gasteiger partial charge in [-0.05, 0) is 63.1 Å². The molecule has 0 aliphatic carbocycles. The minimum Gasteiger partial charge on any atom is -0.496 e. The molecule has 4 rings (SSSR count). The molecule has 0 aromatic heterocycles. The number of benzene rings is 3. The summed E-state index contributed by atoms with van der Waals surface area (Å²) >= 11 is 0. The predicted molar refractivity (Wildman–Crippen MR) is 136 cm³/mol. The molecule has 35 heavy (non-hydrogen) atoms. The molecule has 0 unspecified atom stereocenters. The third-order valence-corrected chi connectivity index (χ3v) is 6.20. The number of carbonyl (C=O) groups is 1. The molecule has 0 fully saturated rings. The zero-order valence-electron chi connectivity index (χ0n) is 21.0. The molecule has 184 valence electrons. The minimum atomic E-state index is -0.753. The first kappa shape index (κ1) is 24.4. The van der Waals surface area contributed by atoms with Crippen molar-refractivity contribution in [3.8, 4) is 28.4 Å². The smallest absolute Gasteiger partial charge is 0.251 e. The number of rotatable bonds is 7. The van der Waals surface area contributed by atoms with Crippen LogP contribution in [0.15, 0.2) is 48.5 Å². The molecular weight excluding hydrogens is 447 g/mol.